The molecule has 1 fully saturated rings. The van der Waals surface area contributed by atoms with E-state index < -0.39 is 5.97 Å². The summed E-state index contributed by atoms with van der Waals surface area (Å²) in [6.45, 7) is 4.05. The van der Waals surface area contributed by atoms with E-state index in [-0.39, 0.29) is 18.4 Å². The summed E-state index contributed by atoms with van der Waals surface area (Å²) in [5.74, 6) is -0.774. The van der Waals surface area contributed by atoms with Crippen LogP contribution in [0.2, 0.25) is 0 Å². The number of amides is 2. The molecular formula is C13H24N2O3. The van der Waals surface area contributed by atoms with Crippen LogP contribution in [0.5, 0.6) is 0 Å². The summed E-state index contributed by atoms with van der Waals surface area (Å²) in [5.41, 5.74) is 0. The van der Waals surface area contributed by atoms with Crippen molar-refractivity contribution in [1.82, 2.24) is 10.2 Å². The van der Waals surface area contributed by atoms with E-state index in [2.05, 4.69) is 5.32 Å². The number of likely N-dealkylation sites (tertiary alicyclic amines) is 1. The maximum atomic E-state index is 11.9. The minimum atomic E-state index is -0.800. The molecule has 0 aromatic carbocycles. The molecule has 0 saturated carbocycles. The molecule has 0 aliphatic carbocycles. The molecule has 0 aromatic rings. The first-order valence-electron chi connectivity index (χ1n) is 6.88. The molecule has 18 heavy (non-hydrogen) atoms. The normalized spacial score (nSPS) is 17.9. The van der Waals surface area contributed by atoms with Crippen LogP contribution in [0.4, 0.5) is 4.79 Å². The Morgan fingerprint density at radius 2 is 1.83 bits per heavy atom. The van der Waals surface area contributed by atoms with Crippen LogP contribution in [-0.2, 0) is 4.79 Å². The molecule has 1 heterocycles. The molecule has 104 valence electrons. The Bertz CT molecular complexity index is 273. The van der Waals surface area contributed by atoms with Gasteiger partial charge < -0.3 is 15.3 Å². The Morgan fingerprint density at radius 1 is 1.22 bits per heavy atom. The van der Waals surface area contributed by atoms with Crippen molar-refractivity contribution in [1.29, 1.82) is 0 Å². The highest BCUT2D eigenvalue weighted by Gasteiger charge is 2.17. The first-order chi connectivity index (χ1) is 8.63. The number of urea groups is 1. The largest absolute Gasteiger partial charge is 0.481 e. The molecule has 5 heteroatoms. The smallest absolute Gasteiger partial charge is 0.317 e. The summed E-state index contributed by atoms with van der Waals surface area (Å²) < 4.78 is 0. The van der Waals surface area contributed by atoms with Crippen LogP contribution in [0.1, 0.15) is 45.4 Å². The van der Waals surface area contributed by atoms with Crippen LogP contribution in [0.15, 0.2) is 0 Å². The Balaban J connectivity index is 2.31. The highest BCUT2D eigenvalue weighted by atomic mass is 16.4. The number of carboxylic acids is 1. The average Bonchev–Trinajstić information content (AvgIpc) is 2.62. The van der Waals surface area contributed by atoms with E-state index in [1.807, 2.05) is 11.8 Å². The van der Waals surface area contributed by atoms with Crippen molar-refractivity contribution < 1.29 is 14.7 Å². The Morgan fingerprint density at radius 3 is 2.33 bits per heavy atom. The lowest BCUT2D eigenvalue weighted by molar-refractivity contribution is -0.138. The van der Waals surface area contributed by atoms with Gasteiger partial charge in [0.1, 0.15) is 0 Å². The molecular weight excluding hydrogens is 232 g/mol. The van der Waals surface area contributed by atoms with Crippen LogP contribution >= 0.6 is 0 Å². The molecule has 1 unspecified atom stereocenters. The van der Waals surface area contributed by atoms with Gasteiger partial charge in [-0.3, -0.25) is 4.79 Å². The second-order valence-electron chi connectivity index (χ2n) is 4.96. The van der Waals surface area contributed by atoms with Crippen LogP contribution < -0.4 is 5.32 Å². The molecule has 1 aliphatic rings. The zero-order valence-corrected chi connectivity index (χ0v) is 11.2. The lowest BCUT2D eigenvalue weighted by Crippen LogP contribution is -2.42. The number of hydrogen-bond acceptors (Lipinski definition) is 2. The molecule has 2 N–H and O–H groups in total. The van der Waals surface area contributed by atoms with Gasteiger partial charge in [0.15, 0.2) is 0 Å². The summed E-state index contributed by atoms with van der Waals surface area (Å²) in [6.07, 6.45) is 5.42. The monoisotopic (exact) mass is 256 g/mol. The summed E-state index contributed by atoms with van der Waals surface area (Å²) in [6, 6.07) is -0.0410. The molecule has 0 aromatic heterocycles. The Kier molecular flexibility index (Phi) is 6.54. The number of aliphatic carboxylic acids is 1. The quantitative estimate of drug-likeness (QED) is 0.791. The van der Waals surface area contributed by atoms with Crippen LogP contribution in [0.25, 0.3) is 0 Å². The van der Waals surface area contributed by atoms with E-state index in [1.165, 1.54) is 12.8 Å². The van der Waals surface area contributed by atoms with Crippen molar-refractivity contribution in [3.8, 4) is 0 Å². The van der Waals surface area contributed by atoms with Crippen LogP contribution in [0, 0.1) is 5.92 Å². The zero-order chi connectivity index (χ0) is 13.4. The SMILES string of the molecule is CCC(CNC(=O)N1CCCCCC1)CC(=O)O. The second kappa shape index (κ2) is 7.95. The first kappa shape index (κ1) is 14.8. The highest BCUT2D eigenvalue weighted by molar-refractivity contribution is 5.74. The van der Waals surface area contributed by atoms with Gasteiger partial charge in [-0.1, -0.05) is 26.2 Å². The fraction of sp³-hybridized carbons (Fsp3) is 0.846. The molecule has 0 radical (unpaired) electrons. The van der Waals surface area contributed by atoms with Gasteiger partial charge in [0.25, 0.3) is 0 Å². The fourth-order valence-electron chi connectivity index (χ4n) is 2.23. The topological polar surface area (TPSA) is 69.6 Å². The van der Waals surface area contributed by atoms with E-state index in [9.17, 15) is 9.59 Å². The van der Waals surface area contributed by atoms with E-state index in [0.29, 0.717) is 6.54 Å². The maximum absolute atomic E-state index is 11.9. The third-order valence-electron chi connectivity index (χ3n) is 3.48. The average molecular weight is 256 g/mol. The molecule has 1 rings (SSSR count). The number of carbonyl (C=O) groups is 2. The van der Waals surface area contributed by atoms with Crippen molar-refractivity contribution in [2.75, 3.05) is 19.6 Å². The van der Waals surface area contributed by atoms with Crippen molar-refractivity contribution in [2.24, 2.45) is 5.92 Å². The Hall–Kier alpha value is -1.26. The predicted octanol–water partition coefficient (Wildman–Crippen LogP) is 2.07. The molecule has 0 spiro atoms. The summed E-state index contributed by atoms with van der Waals surface area (Å²) in [5, 5.41) is 11.6. The summed E-state index contributed by atoms with van der Waals surface area (Å²) in [7, 11) is 0. The molecule has 2 amide bonds. The molecule has 1 atom stereocenters. The van der Waals surface area contributed by atoms with Gasteiger partial charge in [-0.15, -0.1) is 0 Å². The van der Waals surface area contributed by atoms with Crippen LogP contribution in [0.3, 0.4) is 0 Å². The fourth-order valence-corrected chi connectivity index (χ4v) is 2.23. The van der Waals surface area contributed by atoms with E-state index >= 15 is 0 Å². The van der Waals surface area contributed by atoms with Gasteiger partial charge >= 0.3 is 12.0 Å². The maximum Gasteiger partial charge on any atom is 0.317 e. The van der Waals surface area contributed by atoms with Crippen molar-refractivity contribution >= 4 is 12.0 Å². The van der Waals surface area contributed by atoms with Crippen molar-refractivity contribution in [3.05, 3.63) is 0 Å². The van der Waals surface area contributed by atoms with Gasteiger partial charge in [-0.2, -0.15) is 0 Å². The van der Waals surface area contributed by atoms with E-state index in [1.54, 1.807) is 0 Å². The lowest BCUT2D eigenvalue weighted by Gasteiger charge is -2.22. The minimum absolute atomic E-state index is 0.0263. The standard InChI is InChI=1S/C13H24N2O3/c1-2-11(9-12(16)17)10-14-13(18)15-7-5-3-4-6-8-15/h11H,2-10H2,1H3,(H,14,18)(H,16,17). The van der Waals surface area contributed by atoms with Gasteiger partial charge in [-0.05, 0) is 18.8 Å². The molecule has 5 nitrogen and oxygen atoms in total. The molecule has 1 saturated heterocycles. The predicted molar refractivity (Wildman–Crippen MR) is 69.5 cm³/mol. The minimum Gasteiger partial charge on any atom is -0.481 e. The highest BCUT2D eigenvalue weighted by Crippen LogP contribution is 2.10. The molecule has 0 bridgehead atoms. The number of rotatable bonds is 5. The third-order valence-corrected chi connectivity index (χ3v) is 3.48. The van der Waals surface area contributed by atoms with Crippen molar-refractivity contribution in [2.45, 2.75) is 45.4 Å². The number of nitrogens with zero attached hydrogens (tertiary/aromatic N) is 1. The van der Waals surface area contributed by atoms with Crippen LogP contribution in [-0.4, -0.2) is 41.6 Å². The van der Waals surface area contributed by atoms with Gasteiger partial charge in [-0.25, -0.2) is 4.79 Å². The van der Waals surface area contributed by atoms with Gasteiger partial charge in [0.2, 0.25) is 0 Å². The number of carboxylic acid groups (broad SMARTS) is 1. The zero-order valence-electron chi connectivity index (χ0n) is 11.2. The van der Waals surface area contributed by atoms with Gasteiger partial charge in [0, 0.05) is 26.1 Å². The summed E-state index contributed by atoms with van der Waals surface area (Å²) >= 11 is 0. The van der Waals surface area contributed by atoms with E-state index in [4.69, 9.17) is 5.11 Å². The van der Waals surface area contributed by atoms with Gasteiger partial charge in [0.05, 0.1) is 0 Å². The van der Waals surface area contributed by atoms with E-state index in [0.717, 1.165) is 32.4 Å². The number of carbonyl (C=O) groups excluding carboxylic acids is 1. The number of hydrogen-bond donors (Lipinski definition) is 2. The molecule has 1 aliphatic heterocycles. The number of nitrogens with one attached hydrogen (secondary N) is 1. The third kappa shape index (κ3) is 5.38. The first-order valence-corrected chi connectivity index (χ1v) is 6.88. The Labute approximate surface area is 109 Å². The second-order valence-corrected chi connectivity index (χ2v) is 4.96. The summed E-state index contributed by atoms with van der Waals surface area (Å²) in [4.78, 5) is 24.4. The lowest BCUT2D eigenvalue weighted by atomic mass is 10.0. The van der Waals surface area contributed by atoms with Crippen molar-refractivity contribution in [3.63, 3.8) is 0 Å².